The van der Waals surface area contributed by atoms with Gasteiger partial charge in [-0.2, -0.15) is 0 Å². The van der Waals surface area contributed by atoms with Gasteiger partial charge in [-0.05, 0) is 135 Å². The molecular formula is C85H144O16P2. The molecule has 4 N–H and O–H groups in total. The van der Waals surface area contributed by atoms with Crippen LogP contribution in [0, 0.1) is 0 Å². The molecule has 16 nitrogen and oxygen atoms in total. The van der Waals surface area contributed by atoms with Crippen molar-refractivity contribution in [1.29, 1.82) is 0 Å². The number of carbonyl (C=O) groups excluding carboxylic acids is 3. The number of rotatable bonds is 75. The maximum atomic E-state index is 12.9. The van der Waals surface area contributed by atoms with Gasteiger partial charge in [0.1, 0.15) is 25.4 Å². The first-order chi connectivity index (χ1) is 50.2. The first-order valence-electron chi connectivity index (χ1n) is 40.1. The van der Waals surface area contributed by atoms with Crippen LogP contribution in [0.15, 0.2) is 146 Å². The van der Waals surface area contributed by atoms with Crippen LogP contribution in [-0.4, -0.2) is 95.9 Å². The van der Waals surface area contributed by atoms with Crippen molar-refractivity contribution in [2.45, 2.75) is 334 Å². The van der Waals surface area contributed by atoms with Gasteiger partial charge in [0.25, 0.3) is 0 Å². The fraction of sp³-hybridized carbons (Fsp3) is 0.682. The lowest BCUT2D eigenvalue weighted by atomic mass is 10.0. The molecule has 5 unspecified atom stereocenters. The summed E-state index contributed by atoms with van der Waals surface area (Å²) in [5.41, 5.74) is 0. The van der Waals surface area contributed by atoms with Crippen LogP contribution in [0.1, 0.15) is 316 Å². The Kier molecular flexibility index (Phi) is 73.6. The largest absolute Gasteiger partial charge is 0.472 e. The molecule has 103 heavy (non-hydrogen) atoms. The van der Waals surface area contributed by atoms with Crippen molar-refractivity contribution in [2.24, 2.45) is 0 Å². The highest BCUT2D eigenvalue weighted by molar-refractivity contribution is 7.47. The number of phosphoric acid groups is 2. The van der Waals surface area contributed by atoms with Gasteiger partial charge in [0.15, 0.2) is 6.10 Å². The molecule has 0 fully saturated rings. The third-order valence-corrected chi connectivity index (χ3v) is 18.4. The molecule has 0 amide bonds. The Morgan fingerprint density at radius 3 is 0.845 bits per heavy atom. The summed E-state index contributed by atoms with van der Waals surface area (Å²) in [6.07, 6.45) is 95.1. The van der Waals surface area contributed by atoms with E-state index in [1.54, 1.807) is 0 Å². The molecule has 0 saturated heterocycles. The van der Waals surface area contributed by atoms with Gasteiger partial charge >= 0.3 is 33.6 Å². The molecule has 5 atom stereocenters. The normalized spacial score (nSPS) is 14.7. The lowest BCUT2D eigenvalue weighted by molar-refractivity contribution is -0.161. The number of phosphoric ester groups is 2. The Hall–Kier alpha value is -4.57. The second-order valence-electron chi connectivity index (χ2n) is 26.5. The number of unbranched alkanes of at least 4 members (excludes halogenated alkanes) is 28. The van der Waals surface area contributed by atoms with Crippen LogP contribution in [0.3, 0.4) is 0 Å². The van der Waals surface area contributed by atoms with E-state index < -0.39 is 91.5 Å². The zero-order valence-corrected chi connectivity index (χ0v) is 66.2. The van der Waals surface area contributed by atoms with E-state index in [-0.39, 0.29) is 19.3 Å². The van der Waals surface area contributed by atoms with Crippen molar-refractivity contribution >= 4 is 33.6 Å². The number of aliphatic hydroxyl groups excluding tert-OH is 2. The van der Waals surface area contributed by atoms with Gasteiger partial charge in [0.05, 0.1) is 26.4 Å². The number of carbonyl (C=O) groups is 3. The zero-order chi connectivity index (χ0) is 75.2. The van der Waals surface area contributed by atoms with Crippen LogP contribution in [0.2, 0.25) is 0 Å². The van der Waals surface area contributed by atoms with Gasteiger partial charge in [-0.25, -0.2) is 9.13 Å². The van der Waals surface area contributed by atoms with Crippen LogP contribution in [-0.2, 0) is 55.8 Å². The van der Waals surface area contributed by atoms with E-state index in [4.69, 9.17) is 32.3 Å². The number of hydrogen-bond donors (Lipinski definition) is 4. The lowest BCUT2D eigenvalue weighted by Gasteiger charge is -2.21. The van der Waals surface area contributed by atoms with Gasteiger partial charge in [-0.15, -0.1) is 0 Å². The third-order valence-electron chi connectivity index (χ3n) is 16.5. The molecule has 0 aromatic carbocycles. The van der Waals surface area contributed by atoms with Crippen molar-refractivity contribution in [1.82, 2.24) is 0 Å². The Morgan fingerprint density at radius 1 is 0.282 bits per heavy atom. The number of hydrogen-bond acceptors (Lipinski definition) is 14. The Morgan fingerprint density at radius 2 is 0.515 bits per heavy atom. The summed E-state index contributed by atoms with van der Waals surface area (Å²) < 4.78 is 61.0. The molecule has 0 aromatic rings. The molecule has 0 rings (SSSR count). The molecule has 0 aromatic heterocycles. The average molecular weight is 1480 g/mol. The van der Waals surface area contributed by atoms with Crippen LogP contribution in [0.4, 0.5) is 0 Å². The lowest BCUT2D eigenvalue weighted by Crippen LogP contribution is -2.30. The summed E-state index contributed by atoms with van der Waals surface area (Å²) >= 11 is 0. The maximum absolute atomic E-state index is 12.9. The Balaban J connectivity index is 4.37. The number of ether oxygens (including phenoxy) is 3. The quantitative estimate of drug-likeness (QED) is 0.0146. The van der Waals surface area contributed by atoms with Crippen molar-refractivity contribution in [2.75, 3.05) is 39.6 Å². The van der Waals surface area contributed by atoms with Gasteiger partial charge < -0.3 is 34.2 Å². The minimum absolute atomic E-state index is 0.0812. The first kappa shape index (κ1) is 98.4. The van der Waals surface area contributed by atoms with Crippen LogP contribution in [0.25, 0.3) is 0 Å². The molecule has 0 heterocycles. The standard InChI is InChI=1S/C85H144O16P2/c1-4-7-10-13-16-19-22-24-26-28-30-32-33-34-35-36-37-38-39-40-41-42-43-44-45-47-49-50-52-54-57-59-62-65-68-71-83(88)95-74-80(86)75-97-102(91,92)98-76-81(87)77-99-103(93,94)100-79-82(101-85(90)73-70-67-64-61-56-21-18-15-12-9-6-3)78-96-84(89)72-69-66-63-60-58-55-53-51-48-46-31-29-27-25-23-20-17-14-11-8-5-2/h7-8,10-11,15-20,24-27,30-32,34-35,46,51,53,58,60,80-82,86-87H,4-6,9,12-14,21-23,28-29,33,36-45,47-50,52,54-57,59,61-79H2,1-3H3,(H,91,92)(H,93,94)/b10-7-,11-8-,18-15-,19-16-,20-17-,26-24-,27-25-,32-30-,35-34-,46-31-,53-51-,60-58-. The Bertz CT molecular complexity index is 2450. The monoisotopic (exact) mass is 1480 g/mol. The van der Waals surface area contributed by atoms with E-state index in [0.717, 1.165) is 141 Å². The molecule has 0 bridgehead atoms. The summed E-state index contributed by atoms with van der Waals surface area (Å²) in [7, 11) is -9.80. The van der Waals surface area contributed by atoms with Crippen LogP contribution in [0.5, 0.6) is 0 Å². The molecule has 0 aliphatic heterocycles. The molecule has 0 aliphatic rings. The van der Waals surface area contributed by atoms with Crippen molar-refractivity contribution in [3.8, 4) is 0 Å². The van der Waals surface area contributed by atoms with E-state index in [1.165, 1.54) is 116 Å². The summed E-state index contributed by atoms with van der Waals surface area (Å²) in [5.74, 6) is -1.64. The van der Waals surface area contributed by atoms with E-state index in [9.17, 15) is 43.5 Å². The fourth-order valence-corrected chi connectivity index (χ4v) is 12.1. The van der Waals surface area contributed by atoms with Crippen molar-refractivity contribution in [3.05, 3.63) is 146 Å². The molecule has 0 aliphatic carbocycles. The van der Waals surface area contributed by atoms with Gasteiger partial charge in [0, 0.05) is 19.3 Å². The highest BCUT2D eigenvalue weighted by Crippen LogP contribution is 2.45. The van der Waals surface area contributed by atoms with Crippen molar-refractivity contribution < 1.29 is 75.8 Å². The van der Waals surface area contributed by atoms with E-state index in [0.29, 0.717) is 19.3 Å². The van der Waals surface area contributed by atoms with Crippen molar-refractivity contribution in [3.63, 3.8) is 0 Å². The van der Waals surface area contributed by atoms with E-state index >= 15 is 0 Å². The van der Waals surface area contributed by atoms with E-state index in [1.807, 2.05) is 0 Å². The first-order valence-corrected chi connectivity index (χ1v) is 43.1. The number of allylic oxidation sites excluding steroid dienone is 24. The summed E-state index contributed by atoms with van der Waals surface area (Å²) in [6.45, 7) is 2.35. The maximum Gasteiger partial charge on any atom is 0.472 e. The number of aliphatic hydroxyl groups is 2. The van der Waals surface area contributed by atoms with Crippen LogP contribution < -0.4 is 0 Å². The highest BCUT2D eigenvalue weighted by Gasteiger charge is 2.29. The number of esters is 3. The molecule has 0 spiro atoms. The average Bonchev–Trinajstić information content (AvgIpc) is 0.911. The second kappa shape index (κ2) is 77.1. The molecule has 590 valence electrons. The summed E-state index contributed by atoms with van der Waals surface area (Å²) in [5, 5.41) is 20.6. The van der Waals surface area contributed by atoms with Crippen LogP contribution >= 0.6 is 15.6 Å². The SMILES string of the molecule is CC/C=C\C/C=C\C/C=C\C/C=C\C/C=C\C/C=C\CCCCC(=O)OCC(COP(=O)(O)OCC(O)COP(=O)(O)OCC(O)COC(=O)CCCCCCCCCCCCCCCCCCCCC/C=C\C/C=C\C/C=C\C/C=C\C/C=C\CC)OC(=O)CCCCCCC/C=C\CCCC. The topological polar surface area (TPSA) is 231 Å². The molecule has 0 saturated carbocycles. The minimum atomic E-state index is -4.94. The fourth-order valence-electron chi connectivity index (χ4n) is 10.5. The zero-order valence-electron chi connectivity index (χ0n) is 64.4. The predicted molar refractivity (Wildman–Crippen MR) is 426 cm³/mol. The van der Waals surface area contributed by atoms with E-state index in [2.05, 4.69) is 167 Å². The summed E-state index contributed by atoms with van der Waals surface area (Å²) in [4.78, 5) is 58.5. The Labute approximate surface area is 626 Å². The predicted octanol–water partition coefficient (Wildman–Crippen LogP) is 23.7. The molecule has 0 radical (unpaired) electrons. The molecule has 18 heteroatoms. The summed E-state index contributed by atoms with van der Waals surface area (Å²) in [6, 6.07) is 0. The van der Waals surface area contributed by atoms with Gasteiger partial charge in [-0.3, -0.25) is 32.5 Å². The van der Waals surface area contributed by atoms with Gasteiger partial charge in [-0.1, -0.05) is 308 Å². The highest BCUT2D eigenvalue weighted by atomic mass is 31.2. The molecular weight excluding hydrogens is 1340 g/mol. The van der Waals surface area contributed by atoms with Gasteiger partial charge in [0.2, 0.25) is 0 Å². The third kappa shape index (κ3) is 78.3. The smallest absolute Gasteiger partial charge is 0.463 e. The minimum Gasteiger partial charge on any atom is -0.463 e. The second-order valence-corrected chi connectivity index (χ2v) is 29.4.